The SMILES string of the molecule is CN(C(=O)/C(C#N)=C\Nc1ccccc1N1CCOCC1)C1CCCCC1. The maximum atomic E-state index is 12.7. The maximum absolute atomic E-state index is 12.7. The Morgan fingerprint density at radius 1 is 1.26 bits per heavy atom. The number of anilines is 2. The average molecular weight is 368 g/mol. The molecule has 2 fully saturated rings. The van der Waals surface area contributed by atoms with Crippen LogP contribution in [0.5, 0.6) is 0 Å². The first-order valence-electron chi connectivity index (χ1n) is 9.76. The zero-order valence-electron chi connectivity index (χ0n) is 16.0. The lowest BCUT2D eigenvalue weighted by atomic mass is 9.94. The van der Waals surface area contributed by atoms with Crippen molar-refractivity contribution in [3.05, 3.63) is 36.0 Å². The molecular weight excluding hydrogens is 340 g/mol. The van der Waals surface area contributed by atoms with E-state index in [0.717, 1.165) is 50.1 Å². The number of amides is 1. The van der Waals surface area contributed by atoms with Crippen LogP contribution in [0.3, 0.4) is 0 Å². The molecule has 1 saturated heterocycles. The largest absolute Gasteiger partial charge is 0.378 e. The van der Waals surface area contributed by atoms with Crippen molar-refractivity contribution in [3.8, 4) is 6.07 Å². The number of rotatable bonds is 5. The zero-order chi connectivity index (χ0) is 19.1. The molecule has 0 atom stereocenters. The van der Waals surface area contributed by atoms with Crippen molar-refractivity contribution in [2.24, 2.45) is 0 Å². The third-order valence-electron chi connectivity index (χ3n) is 5.42. The fourth-order valence-corrected chi connectivity index (χ4v) is 3.79. The van der Waals surface area contributed by atoms with Crippen LogP contribution in [-0.2, 0) is 9.53 Å². The van der Waals surface area contributed by atoms with Gasteiger partial charge in [0.05, 0.1) is 24.6 Å². The van der Waals surface area contributed by atoms with Gasteiger partial charge in [-0.15, -0.1) is 0 Å². The van der Waals surface area contributed by atoms with Gasteiger partial charge in [-0.2, -0.15) is 5.26 Å². The number of carbonyl (C=O) groups excluding carboxylic acids is 1. The summed E-state index contributed by atoms with van der Waals surface area (Å²) in [5, 5.41) is 12.7. The first kappa shape index (κ1) is 19.2. The monoisotopic (exact) mass is 368 g/mol. The number of nitrogens with zero attached hydrogens (tertiary/aromatic N) is 3. The molecule has 6 heteroatoms. The van der Waals surface area contributed by atoms with Gasteiger partial charge in [0, 0.05) is 32.4 Å². The van der Waals surface area contributed by atoms with E-state index in [1.807, 2.05) is 31.3 Å². The summed E-state index contributed by atoms with van der Waals surface area (Å²) in [5.41, 5.74) is 2.09. The van der Waals surface area contributed by atoms with E-state index < -0.39 is 0 Å². The number of hydrogen-bond donors (Lipinski definition) is 1. The molecule has 0 bridgehead atoms. The molecule has 1 saturated carbocycles. The minimum atomic E-state index is -0.208. The fraction of sp³-hybridized carbons (Fsp3) is 0.524. The van der Waals surface area contributed by atoms with E-state index in [9.17, 15) is 10.1 Å². The van der Waals surface area contributed by atoms with Crippen molar-refractivity contribution < 1.29 is 9.53 Å². The van der Waals surface area contributed by atoms with Gasteiger partial charge in [-0.05, 0) is 25.0 Å². The van der Waals surface area contributed by atoms with E-state index in [1.165, 1.54) is 6.42 Å². The summed E-state index contributed by atoms with van der Waals surface area (Å²) in [7, 11) is 1.81. The van der Waals surface area contributed by atoms with Crippen molar-refractivity contribution in [1.29, 1.82) is 5.26 Å². The zero-order valence-corrected chi connectivity index (χ0v) is 16.0. The molecule has 2 aliphatic rings. The molecule has 27 heavy (non-hydrogen) atoms. The quantitative estimate of drug-likeness (QED) is 0.639. The topological polar surface area (TPSA) is 68.6 Å². The number of morpholine rings is 1. The Morgan fingerprint density at radius 2 is 1.96 bits per heavy atom. The molecule has 1 aliphatic heterocycles. The molecule has 1 aromatic carbocycles. The van der Waals surface area contributed by atoms with E-state index in [2.05, 4.69) is 16.3 Å². The van der Waals surface area contributed by atoms with Gasteiger partial charge in [-0.3, -0.25) is 4.79 Å². The third kappa shape index (κ3) is 4.81. The Balaban J connectivity index is 1.71. The normalized spacial score (nSPS) is 18.7. The van der Waals surface area contributed by atoms with Crippen LogP contribution < -0.4 is 10.2 Å². The molecule has 144 valence electrons. The molecule has 0 spiro atoms. The second-order valence-electron chi connectivity index (χ2n) is 7.14. The van der Waals surface area contributed by atoms with Gasteiger partial charge in [-0.25, -0.2) is 0 Å². The Kier molecular flexibility index (Phi) is 6.72. The summed E-state index contributed by atoms with van der Waals surface area (Å²) in [6, 6.07) is 10.3. The molecule has 3 rings (SSSR count). The second-order valence-corrected chi connectivity index (χ2v) is 7.14. The highest BCUT2D eigenvalue weighted by Crippen LogP contribution is 2.27. The average Bonchev–Trinajstić information content (AvgIpc) is 2.75. The maximum Gasteiger partial charge on any atom is 0.266 e. The van der Waals surface area contributed by atoms with Crippen LogP contribution in [-0.4, -0.2) is 50.2 Å². The predicted octanol–water partition coefficient (Wildman–Crippen LogP) is 3.13. The smallest absolute Gasteiger partial charge is 0.266 e. The Morgan fingerprint density at radius 3 is 2.67 bits per heavy atom. The Hall–Kier alpha value is -2.52. The molecule has 1 aliphatic carbocycles. The van der Waals surface area contributed by atoms with Crippen LogP contribution in [0.1, 0.15) is 32.1 Å². The first-order chi connectivity index (χ1) is 13.2. The molecule has 0 aromatic heterocycles. The lowest BCUT2D eigenvalue weighted by Crippen LogP contribution is -2.39. The number of likely N-dealkylation sites (N-methyl/N-ethyl adjacent to an activating group) is 1. The van der Waals surface area contributed by atoms with E-state index in [-0.39, 0.29) is 17.5 Å². The summed E-state index contributed by atoms with van der Waals surface area (Å²) in [5.74, 6) is -0.208. The van der Waals surface area contributed by atoms with Crippen LogP contribution in [0.2, 0.25) is 0 Å². The molecule has 6 nitrogen and oxygen atoms in total. The van der Waals surface area contributed by atoms with Gasteiger partial charge < -0.3 is 19.9 Å². The van der Waals surface area contributed by atoms with E-state index in [4.69, 9.17) is 4.74 Å². The van der Waals surface area contributed by atoms with Crippen molar-refractivity contribution in [2.45, 2.75) is 38.1 Å². The van der Waals surface area contributed by atoms with Gasteiger partial charge in [0.2, 0.25) is 0 Å². The predicted molar refractivity (Wildman–Crippen MR) is 106 cm³/mol. The minimum Gasteiger partial charge on any atom is -0.378 e. The second kappa shape index (κ2) is 9.43. The number of nitriles is 1. The molecule has 0 radical (unpaired) electrons. The molecule has 1 heterocycles. The highest BCUT2D eigenvalue weighted by molar-refractivity contribution is 5.97. The van der Waals surface area contributed by atoms with Crippen LogP contribution in [0.25, 0.3) is 0 Å². The Bertz CT molecular complexity index is 713. The summed E-state index contributed by atoms with van der Waals surface area (Å²) < 4.78 is 5.42. The lowest BCUT2D eigenvalue weighted by Gasteiger charge is -2.31. The van der Waals surface area contributed by atoms with Crippen LogP contribution in [0, 0.1) is 11.3 Å². The number of carbonyl (C=O) groups is 1. The number of nitrogens with one attached hydrogen (secondary N) is 1. The van der Waals surface area contributed by atoms with Gasteiger partial charge in [0.15, 0.2) is 0 Å². The summed E-state index contributed by atoms with van der Waals surface area (Å²) in [4.78, 5) is 16.7. The lowest BCUT2D eigenvalue weighted by molar-refractivity contribution is -0.128. The van der Waals surface area contributed by atoms with Crippen LogP contribution >= 0.6 is 0 Å². The van der Waals surface area contributed by atoms with Crippen molar-refractivity contribution in [2.75, 3.05) is 43.6 Å². The van der Waals surface area contributed by atoms with Gasteiger partial charge in [0.1, 0.15) is 11.6 Å². The molecule has 0 unspecified atom stereocenters. The molecule has 1 amide bonds. The van der Waals surface area contributed by atoms with E-state index in [1.54, 1.807) is 11.1 Å². The number of para-hydroxylation sites is 2. The molecule has 1 N–H and O–H groups in total. The molecular formula is C21H28N4O2. The number of hydrogen-bond acceptors (Lipinski definition) is 5. The summed E-state index contributed by atoms with van der Waals surface area (Å²) in [6.07, 6.45) is 7.13. The highest BCUT2D eigenvalue weighted by Gasteiger charge is 2.24. The summed E-state index contributed by atoms with van der Waals surface area (Å²) in [6.45, 7) is 3.07. The standard InChI is InChI=1S/C21H28N4O2/c1-24(18-7-3-2-4-8-18)21(26)17(15-22)16-23-19-9-5-6-10-20(19)25-11-13-27-14-12-25/h5-6,9-10,16,18,23H,2-4,7-8,11-14H2,1H3/b17-16-. The van der Waals surface area contributed by atoms with Crippen molar-refractivity contribution >= 4 is 17.3 Å². The van der Waals surface area contributed by atoms with Gasteiger partial charge in [-0.1, -0.05) is 31.4 Å². The number of benzene rings is 1. The molecule has 1 aromatic rings. The third-order valence-corrected chi connectivity index (χ3v) is 5.42. The van der Waals surface area contributed by atoms with Crippen LogP contribution in [0.4, 0.5) is 11.4 Å². The van der Waals surface area contributed by atoms with Crippen molar-refractivity contribution in [3.63, 3.8) is 0 Å². The van der Waals surface area contributed by atoms with Gasteiger partial charge in [0.25, 0.3) is 5.91 Å². The van der Waals surface area contributed by atoms with E-state index >= 15 is 0 Å². The first-order valence-corrected chi connectivity index (χ1v) is 9.76. The van der Waals surface area contributed by atoms with Gasteiger partial charge >= 0.3 is 0 Å². The summed E-state index contributed by atoms with van der Waals surface area (Å²) >= 11 is 0. The van der Waals surface area contributed by atoms with E-state index in [0.29, 0.717) is 13.2 Å². The van der Waals surface area contributed by atoms with Crippen molar-refractivity contribution in [1.82, 2.24) is 4.90 Å². The number of ether oxygens (including phenoxy) is 1. The fourth-order valence-electron chi connectivity index (χ4n) is 3.79. The highest BCUT2D eigenvalue weighted by atomic mass is 16.5. The Labute approximate surface area is 161 Å². The van der Waals surface area contributed by atoms with Crippen LogP contribution in [0.15, 0.2) is 36.0 Å². The minimum absolute atomic E-state index is 0.139.